The topological polar surface area (TPSA) is 105 Å². The highest BCUT2D eigenvalue weighted by Gasteiger charge is 2.12. The van der Waals surface area contributed by atoms with Gasteiger partial charge in [0.05, 0.1) is 25.6 Å². The Morgan fingerprint density at radius 3 is 2.65 bits per heavy atom. The molecule has 0 radical (unpaired) electrons. The van der Waals surface area contributed by atoms with Crippen LogP contribution in [0.3, 0.4) is 0 Å². The van der Waals surface area contributed by atoms with E-state index in [1.807, 2.05) is 31.2 Å². The number of hydrazone groups is 1. The van der Waals surface area contributed by atoms with Crippen molar-refractivity contribution in [3.63, 3.8) is 0 Å². The van der Waals surface area contributed by atoms with Gasteiger partial charge in [-0.25, -0.2) is 5.43 Å². The Morgan fingerprint density at radius 2 is 1.94 bits per heavy atom. The summed E-state index contributed by atoms with van der Waals surface area (Å²) in [4.78, 5) is 23.7. The van der Waals surface area contributed by atoms with E-state index in [0.717, 1.165) is 11.4 Å². The summed E-state index contributed by atoms with van der Waals surface area (Å²) in [5.41, 5.74) is 4.37. The molecule has 0 saturated heterocycles. The highest BCUT2D eigenvalue weighted by atomic mass is 35.5. The van der Waals surface area contributed by atoms with Crippen LogP contribution in [0.15, 0.2) is 70.4 Å². The van der Waals surface area contributed by atoms with Gasteiger partial charge >= 0.3 is 11.8 Å². The number of amides is 2. The number of carbonyl (C=O) groups excluding carboxylic acids is 2. The SMILES string of the molecule is CCOc1ccc(Nc2ccc(Cl)cc2/C=N\NC(=O)C(=O)NCc2ccco2)cc1. The van der Waals surface area contributed by atoms with Gasteiger partial charge < -0.3 is 19.8 Å². The summed E-state index contributed by atoms with van der Waals surface area (Å²) in [6.45, 7) is 2.62. The molecule has 1 aromatic heterocycles. The van der Waals surface area contributed by atoms with E-state index < -0.39 is 11.8 Å². The lowest BCUT2D eigenvalue weighted by Gasteiger charge is -2.11. The molecule has 3 N–H and O–H groups in total. The highest BCUT2D eigenvalue weighted by Crippen LogP contribution is 2.24. The van der Waals surface area contributed by atoms with Gasteiger partial charge in [-0.15, -0.1) is 0 Å². The predicted molar refractivity (Wildman–Crippen MR) is 119 cm³/mol. The first kappa shape index (κ1) is 21.9. The molecule has 0 fully saturated rings. The Kier molecular flexibility index (Phi) is 7.67. The van der Waals surface area contributed by atoms with E-state index in [4.69, 9.17) is 20.8 Å². The van der Waals surface area contributed by atoms with Gasteiger partial charge in [0.25, 0.3) is 0 Å². The lowest BCUT2D eigenvalue weighted by Crippen LogP contribution is -2.37. The average molecular weight is 441 g/mol. The van der Waals surface area contributed by atoms with Gasteiger partial charge in [0.1, 0.15) is 11.5 Å². The quantitative estimate of drug-likeness (QED) is 0.280. The molecule has 8 nitrogen and oxygen atoms in total. The van der Waals surface area contributed by atoms with Gasteiger partial charge in [0, 0.05) is 22.0 Å². The monoisotopic (exact) mass is 440 g/mol. The van der Waals surface area contributed by atoms with Crippen molar-refractivity contribution < 1.29 is 18.7 Å². The Hall–Kier alpha value is -3.78. The molecule has 0 spiro atoms. The number of ether oxygens (including phenoxy) is 1. The van der Waals surface area contributed by atoms with Crippen molar-refractivity contribution >= 4 is 41.0 Å². The maximum atomic E-state index is 11.9. The number of anilines is 2. The predicted octanol–water partition coefficient (Wildman–Crippen LogP) is 3.84. The normalized spacial score (nSPS) is 10.6. The lowest BCUT2D eigenvalue weighted by molar-refractivity contribution is -0.139. The Morgan fingerprint density at radius 1 is 1.13 bits per heavy atom. The molecule has 2 aromatic carbocycles. The molecule has 0 saturated carbocycles. The van der Waals surface area contributed by atoms with Gasteiger partial charge in [-0.3, -0.25) is 9.59 Å². The van der Waals surface area contributed by atoms with Gasteiger partial charge in [-0.05, 0) is 61.5 Å². The van der Waals surface area contributed by atoms with Crippen molar-refractivity contribution in [3.8, 4) is 5.75 Å². The molecule has 160 valence electrons. The number of furan rings is 1. The molecule has 0 aliphatic heterocycles. The molecule has 0 unspecified atom stereocenters. The van der Waals surface area contributed by atoms with Crippen LogP contribution in [0.4, 0.5) is 11.4 Å². The number of hydrogen-bond donors (Lipinski definition) is 3. The lowest BCUT2D eigenvalue weighted by atomic mass is 10.2. The smallest absolute Gasteiger partial charge is 0.329 e. The van der Waals surface area contributed by atoms with E-state index >= 15 is 0 Å². The summed E-state index contributed by atoms with van der Waals surface area (Å²) in [7, 11) is 0. The van der Waals surface area contributed by atoms with Crippen molar-refractivity contribution in [2.45, 2.75) is 13.5 Å². The van der Waals surface area contributed by atoms with E-state index in [0.29, 0.717) is 28.6 Å². The molecule has 0 aliphatic carbocycles. The summed E-state index contributed by atoms with van der Waals surface area (Å²) in [5, 5.41) is 10.1. The molecule has 31 heavy (non-hydrogen) atoms. The Labute approximate surface area is 184 Å². The van der Waals surface area contributed by atoms with Gasteiger partial charge in [-0.1, -0.05) is 11.6 Å². The molecule has 3 aromatic rings. The Balaban J connectivity index is 1.61. The molecule has 0 aliphatic rings. The van der Waals surface area contributed by atoms with Gasteiger partial charge in [0.2, 0.25) is 0 Å². The van der Waals surface area contributed by atoms with E-state index in [9.17, 15) is 9.59 Å². The number of halogens is 1. The molecule has 1 heterocycles. The first-order valence-electron chi connectivity index (χ1n) is 9.48. The number of nitrogens with one attached hydrogen (secondary N) is 3. The molecule has 9 heteroatoms. The maximum absolute atomic E-state index is 11.9. The number of carbonyl (C=O) groups is 2. The van der Waals surface area contributed by atoms with Crippen molar-refractivity contribution in [1.29, 1.82) is 0 Å². The zero-order valence-electron chi connectivity index (χ0n) is 16.7. The summed E-state index contributed by atoms with van der Waals surface area (Å²) in [6.07, 6.45) is 2.89. The minimum Gasteiger partial charge on any atom is -0.494 e. The third-order valence-electron chi connectivity index (χ3n) is 4.04. The van der Waals surface area contributed by atoms with Crippen molar-refractivity contribution in [3.05, 3.63) is 77.2 Å². The number of rotatable bonds is 8. The van der Waals surface area contributed by atoms with Crippen LogP contribution in [0, 0.1) is 0 Å². The van der Waals surface area contributed by atoms with Gasteiger partial charge in [0.15, 0.2) is 0 Å². The van der Waals surface area contributed by atoms with Crippen molar-refractivity contribution in [2.24, 2.45) is 5.10 Å². The van der Waals surface area contributed by atoms with Crippen LogP contribution in [-0.2, 0) is 16.1 Å². The minimum atomic E-state index is -0.897. The van der Waals surface area contributed by atoms with Gasteiger partial charge in [-0.2, -0.15) is 5.10 Å². The summed E-state index contributed by atoms with van der Waals surface area (Å²) in [5.74, 6) is -0.411. The van der Waals surface area contributed by atoms with Crippen LogP contribution in [0.2, 0.25) is 5.02 Å². The van der Waals surface area contributed by atoms with Crippen LogP contribution >= 0.6 is 11.6 Å². The molecular weight excluding hydrogens is 420 g/mol. The summed E-state index contributed by atoms with van der Waals surface area (Å²) in [6, 6.07) is 16.1. The van der Waals surface area contributed by atoms with E-state index in [1.54, 1.807) is 30.3 Å². The summed E-state index contributed by atoms with van der Waals surface area (Å²) < 4.78 is 10.5. The second-order valence-corrected chi connectivity index (χ2v) is 6.71. The minimum absolute atomic E-state index is 0.105. The molecule has 3 rings (SSSR count). The standard InChI is InChI=1S/C22H21ClN4O4/c1-2-30-18-8-6-17(7-9-18)26-20-10-5-16(23)12-15(20)13-25-27-22(29)21(28)24-14-19-4-3-11-31-19/h3-13,26H,2,14H2,1H3,(H,24,28)(H,27,29)/b25-13-. The van der Waals surface area contributed by atoms with Crippen molar-refractivity contribution in [1.82, 2.24) is 10.7 Å². The van der Waals surface area contributed by atoms with E-state index in [1.165, 1.54) is 12.5 Å². The molecule has 0 bridgehead atoms. The van der Waals surface area contributed by atoms with Crippen LogP contribution in [-0.4, -0.2) is 24.6 Å². The number of nitrogens with zero attached hydrogens (tertiary/aromatic N) is 1. The second-order valence-electron chi connectivity index (χ2n) is 6.28. The second kappa shape index (κ2) is 10.8. The Bertz CT molecular complexity index is 1050. The highest BCUT2D eigenvalue weighted by molar-refractivity contribution is 6.35. The first-order valence-corrected chi connectivity index (χ1v) is 9.86. The third-order valence-corrected chi connectivity index (χ3v) is 4.27. The summed E-state index contributed by atoms with van der Waals surface area (Å²) >= 11 is 6.09. The zero-order chi connectivity index (χ0) is 22.1. The fourth-order valence-electron chi connectivity index (χ4n) is 2.58. The number of hydrogen-bond acceptors (Lipinski definition) is 6. The first-order chi connectivity index (χ1) is 15.0. The fraction of sp³-hybridized carbons (Fsp3) is 0.136. The third kappa shape index (κ3) is 6.61. The largest absolute Gasteiger partial charge is 0.494 e. The zero-order valence-corrected chi connectivity index (χ0v) is 17.5. The molecule has 2 amide bonds. The fourth-order valence-corrected chi connectivity index (χ4v) is 2.76. The molecular formula is C22H21ClN4O4. The van der Waals surface area contributed by atoms with E-state index in [2.05, 4.69) is 21.2 Å². The van der Waals surface area contributed by atoms with E-state index in [-0.39, 0.29) is 6.54 Å². The number of benzene rings is 2. The van der Waals surface area contributed by atoms with Crippen LogP contribution in [0.25, 0.3) is 0 Å². The van der Waals surface area contributed by atoms with Crippen LogP contribution < -0.4 is 20.8 Å². The van der Waals surface area contributed by atoms with Crippen LogP contribution in [0.1, 0.15) is 18.2 Å². The van der Waals surface area contributed by atoms with Crippen LogP contribution in [0.5, 0.6) is 5.75 Å². The maximum Gasteiger partial charge on any atom is 0.329 e. The average Bonchev–Trinajstić information content (AvgIpc) is 3.29. The molecule has 0 atom stereocenters. The van der Waals surface area contributed by atoms with Crippen molar-refractivity contribution in [2.75, 3.05) is 11.9 Å².